The number of hydrogen-bond acceptors (Lipinski definition) is 3. The average Bonchev–Trinajstić information content (AvgIpc) is 2.20. The number of nitrogens with one attached hydrogen (secondary N) is 1. The molecule has 4 nitrogen and oxygen atoms in total. The molecule has 0 bridgehead atoms. The first-order chi connectivity index (χ1) is 7.13. The smallest absolute Gasteiger partial charge is 0.224 e. The van der Waals surface area contributed by atoms with Crippen LogP contribution in [0.4, 0.5) is 5.69 Å². The predicted octanol–water partition coefficient (Wildman–Crippen LogP) is 1.76. The lowest BCUT2D eigenvalue weighted by Gasteiger charge is -2.05. The van der Waals surface area contributed by atoms with Crippen LogP contribution < -0.4 is 5.32 Å². The minimum absolute atomic E-state index is 0.0102. The van der Waals surface area contributed by atoms with Crippen molar-refractivity contribution in [1.29, 1.82) is 0 Å². The van der Waals surface area contributed by atoms with Gasteiger partial charge in [-0.25, -0.2) is 0 Å². The maximum atomic E-state index is 11.2. The van der Waals surface area contributed by atoms with Gasteiger partial charge in [0.05, 0.1) is 5.02 Å². The van der Waals surface area contributed by atoms with Crippen LogP contribution in [0.5, 0.6) is 5.75 Å². The third kappa shape index (κ3) is 3.77. The van der Waals surface area contributed by atoms with E-state index in [-0.39, 0.29) is 29.7 Å². The van der Waals surface area contributed by atoms with E-state index in [1.54, 1.807) is 6.07 Å². The van der Waals surface area contributed by atoms with Crippen LogP contribution >= 0.6 is 11.6 Å². The van der Waals surface area contributed by atoms with Gasteiger partial charge in [0, 0.05) is 18.7 Å². The van der Waals surface area contributed by atoms with Gasteiger partial charge in [0.2, 0.25) is 5.91 Å². The van der Waals surface area contributed by atoms with Gasteiger partial charge in [-0.2, -0.15) is 0 Å². The zero-order valence-electron chi connectivity index (χ0n) is 8.03. The summed E-state index contributed by atoms with van der Waals surface area (Å²) in [7, 11) is 0. The van der Waals surface area contributed by atoms with Crippen LogP contribution in [0.1, 0.15) is 12.8 Å². The Hall–Kier alpha value is -1.26. The molecule has 1 aromatic rings. The minimum atomic E-state index is -0.189. The lowest BCUT2D eigenvalue weighted by atomic mass is 10.2. The Morgan fingerprint density at radius 2 is 2.20 bits per heavy atom. The number of amides is 1. The van der Waals surface area contributed by atoms with E-state index in [4.69, 9.17) is 21.8 Å². The number of anilines is 1. The number of rotatable bonds is 4. The van der Waals surface area contributed by atoms with E-state index in [0.717, 1.165) is 0 Å². The first-order valence-electron chi connectivity index (χ1n) is 4.52. The molecule has 0 fully saturated rings. The van der Waals surface area contributed by atoms with E-state index in [9.17, 15) is 4.79 Å². The second kappa shape index (κ2) is 5.58. The van der Waals surface area contributed by atoms with Gasteiger partial charge in [-0.15, -0.1) is 0 Å². The van der Waals surface area contributed by atoms with Crippen LogP contribution in [-0.4, -0.2) is 22.7 Å². The van der Waals surface area contributed by atoms with E-state index >= 15 is 0 Å². The standard InChI is InChI=1S/C10H12ClNO3/c11-8-6-7(3-4-9(8)14)12-10(15)2-1-5-13/h3-4,6,13-14H,1-2,5H2,(H,12,15). The molecule has 1 rings (SSSR count). The second-order valence-electron chi connectivity index (χ2n) is 3.04. The van der Waals surface area contributed by atoms with Gasteiger partial charge in [-0.3, -0.25) is 4.79 Å². The molecule has 0 aromatic heterocycles. The van der Waals surface area contributed by atoms with Crippen molar-refractivity contribution in [3.8, 4) is 5.75 Å². The van der Waals surface area contributed by atoms with E-state index in [1.165, 1.54) is 12.1 Å². The molecule has 0 spiro atoms. The lowest BCUT2D eigenvalue weighted by Crippen LogP contribution is -2.11. The number of benzene rings is 1. The molecule has 82 valence electrons. The lowest BCUT2D eigenvalue weighted by molar-refractivity contribution is -0.116. The fraction of sp³-hybridized carbons (Fsp3) is 0.300. The van der Waals surface area contributed by atoms with E-state index in [1.807, 2.05) is 0 Å². The highest BCUT2D eigenvalue weighted by molar-refractivity contribution is 6.32. The molecule has 15 heavy (non-hydrogen) atoms. The van der Waals surface area contributed by atoms with E-state index in [2.05, 4.69) is 5.32 Å². The first kappa shape index (κ1) is 11.8. The number of aliphatic hydroxyl groups is 1. The van der Waals surface area contributed by atoms with Crippen molar-refractivity contribution in [3.05, 3.63) is 23.2 Å². The fourth-order valence-electron chi connectivity index (χ4n) is 1.05. The average molecular weight is 230 g/mol. The zero-order chi connectivity index (χ0) is 11.3. The molecule has 0 saturated heterocycles. The Labute approximate surface area is 92.5 Å². The van der Waals surface area contributed by atoms with Gasteiger partial charge in [0.1, 0.15) is 5.75 Å². The number of carbonyl (C=O) groups excluding carboxylic acids is 1. The number of carbonyl (C=O) groups is 1. The number of phenols is 1. The molecule has 0 radical (unpaired) electrons. The van der Waals surface area contributed by atoms with Crippen LogP contribution in [0.2, 0.25) is 5.02 Å². The third-order valence-electron chi connectivity index (χ3n) is 1.79. The molecule has 0 saturated carbocycles. The number of halogens is 1. The molecule has 0 aliphatic heterocycles. The summed E-state index contributed by atoms with van der Waals surface area (Å²) in [6.45, 7) is -0.0102. The quantitative estimate of drug-likeness (QED) is 0.689. The predicted molar refractivity (Wildman–Crippen MR) is 58.1 cm³/mol. The largest absolute Gasteiger partial charge is 0.506 e. The molecule has 0 aliphatic carbocycles. The van der Waals surface area contributed by atoms with Gasteiger partial charge >= 0.3 is 0 Å². The van der Waals surface area contributed by atoms with E-state index < -0.39 is 0 Å². The minimum Gasteiger partial charge on any atom is -0.506 e. The van der Waals surface area contributed by atoms with Crippen molar-refractivity contribution >= 4 is 23.2 Å². The van der Waals surface area contributed by atoms with Gasteiger partial charge in [-0.05, 0) is 24.6 Å². The molecule has 0 heterocycles. The molecule has 1 aromatic carbocycles. The van der Waals surface area contributed by atoms with Crippen molar-refractivity contribution in [2.75, 3.05) is 11.9 Å². The van der Waals surface area contributed by atoms with Crippen LogP contribution in [0.25, 0.3) is 0 Å². The first-order valence-corrected chi connectivity index (χ1v) is 4.90. The van der Waals surface area contributed by atoms with Crippen LogP contribution in [0.15, 0.2) is 18.2 Å². The number of aliphatic hydroxyl groups excluding tert-OH is 1. The number of aromatic hydroxyl groups is 1. The van der Waals surface area contributed by atoms with Crippen molar-refractivity contribution in [3.63, 3.8) is 0 Å². The van der Waals surface area contributed by atoms with Crippen molar-refractivity contribution in [1.82, 2.24) is 0 Å². The molecule has 0 atom stereocenters. The SMILES string of the molecule is O=C(CCCO)Nc1ccc(O)c(Cl)c1. The molecular formula is C10H12ClNO3. The zero-order valence-corrected chi connectivity index (χ0v) is 8.79. The maximum absolute atomic E-state index is 11.2. The summed E-state index contributed by atoms with van der Waals surface area (Å²) < 4.78 is 0. The van der Waals surface area contributed by atoms with Gasteiger partial charge in [0.15, 0.2) is 0 Å². The molecule has 1 amide bonds. The fourth-order valence-corrected chi connectivity index (χ4v) is 1.23. The Morgan fingerprint density at radius 3 is 2.80 bits per heavy atom. The summed E-state index contributed by atoms with van der Waals surface area (Å²) in [5.74, 6) is -0.212. The summed E-state index contributed by atoms with van der Waals surface area (Å²) in [6.07, 6.45) is 0.687. The highest BCUT2D eigenvalue weighted by Gasteiger charge is 2.04. The Morgan fingerprint density at radius 1 is 1.47 bits per heavy atom. The third-order valence-corrected chi connectivity index (χ3v) is 2.10. The van der Waals surface area contributed by atoms with Crippen LogP contribution in [0.3, 0.4) is 0 Å². The summed E-state index contributed by atoms with van der Waals surface area (Å²) in [4.78, 5) is 11.2. The Balaban J connectivity index is 2.57. The van der Waals surface area contributed by atoms with Crippen molar-refractivity contribution in [2.24, 2.45) is 0 Å². The summed E-state index contributed by atoms with van der Waals surface area (Å²) in [5.41, 5.74) is 0.528. The van der Waals surface area contributed by atoms with Crippen molar-refractivity contribution in [2.45, 2.75) is 12.8 Å². The summed E-state index contributed by atoms with van der Waals surface area (Å²) in [5, 5.41) is 20.5. The molecule has 0 unspecified atom stereocenters. The Kier molecular flexibility index (Phi) is 4.39. The maximum Gasteiger partial charge on any atom is 0.224 e. The molecule has 5 heteroatoms. The second-order valence-corrected chi connectivity index (χ2v) is 3.45. The molecular weight excluding hydrogens is 218 g/mol. The normalized spacial score (nSPS) is 10.0. The van der Waals surface area contributed by atoms with E-state index in [0.29, 0.717) is 12.1 Å². The Bertz CT molecular complexity index is 355. The summed E-state index contributed by atoms with van der Waals surface area (Å²) >= 11 is 5.66. The highest BCUT2D eigenvalue weighted by Crippen LogP contribution is 2.26. The number of phenolic OH excluding ortho intramolecular Hbond substituents is 1. The van der Waals surface area contributed by atoms with Gasteiger partial charge < -0.3 is 15.5 Å². The van der Waals surface area contributed by atoms with Crippen LogP contribution in [0, 0.1) is 0 Å². The summed E-state index contributed by atoms with van der Waals surface area (Å²) in [6, 6.07) is 4.43. The van der Waals surface area contributed by atoms with Gasteiger partial charge in [-0.1, -0.05) is 11.6 Å². The molecule has 0 aliphatic rings. The highest BCUT2D eigenvalue weighted by atomic mass is 35.5. The van der Waals surface area contributed by atoms with Gasteiger partial charge in [0.25, 0.3) is 0 Å². The van der Waals surface area contributed by atoms with Crippen LogP contribution in [-0.2, 0) is 4.79 Å². The topological polar surface area (TPSA) is 69.6 Å². The molecule has 3 N–H and O–H groups in total. The number of hydrogen-bond donors (Lipinski definition) is 3. The monoisotopic (exact) mass is 229 g/mol. The van der Waals surface area contributed by atoms with Crippen molar-refractivity contribution < 1.29 is 15.0 Å².